The number of hydrogen-bond donors (Lipinski definition) is 1. The molecular formula is C27H34Br2N2O3. The molecule has 0 radical (unpaired) electrons. The minimum absolute atomic E-state index is 0.113. The molecule has 1 N–H and O–H groups in total. The van der Waals surface area contributed by atoms with Gasteiger partial charge in [-0.3, -0.25) is 9.59 Å². The van der Waals surface area contributed by atoms with Crippen LogP contribution < -0.4 is 10.1 Å². The summed E-state index contributed by atoms with van der Waals surface area (Å²) < 4.78 is 7.62. The van der Waals surface area contributed by atoms with Gasteiger partial charge in [0.1, 0.15) is 11.8 Å². The van der Waals surface area contributed by atoms with Crippen LogP contribution in [0.5, 0.6) is 5.75 Å². The Morgan fingerprint density at radius 3 is 2.44 bits per heavy atom. The first-order chi connectivity index (χ1) is 16.2. The van der Waals surface area contributed by atoms with Crippen molar-refractivity contribution >= 4 is 43.7 Å². The maximum absolute atomic E-state index is 13.3. The van der Waals surface area contributed by atoms with Gasteiger partial charge in [0.25, 0.3) is 5.91 Å². The number of nitrogens with one attached hydrogen (secondary N) is 1. The average Bonchev–Trinajstić information content (AvgIpc) is 2.81. The zero-order valence-electron chi connectivity index (χ0n) is 20.2. The summed E-state index contributed by atoms with van der Waals surface area (Å²) in [5.41, 5.74) is 2.14. The quantitative estimate of drug-likeness (QED) is 0.357. The van der Waals surface area contributed by atoms with Gasteiger partial charge in [-0.2, -0.15) is 0 Å². The van der Waals surface area contributed by atoms with Crippen LogP contribution in [0, 0.1) is 0 Å². The molecule has 34 heavy (non-hydrogen) atoms. The van der Waals surface area contributed by atoms with E-state index >= 15 is 0 Å². The lowest BCUT2D eigenvalue weighted by Crippen LogP contribution is -2.51. The van der Waals surface area contributed by atoms with Gasteiger partial charge in [-0.25, -0.2) is 0 Å². The van der Waals surface area contributed by atoms with Gasteiger partial charge in [0, 0.05) is 17.1 Å². The molecular weight excluding hydrogens is 560 g/mol. The predicted molar refractivity (Wildman–Crippen MR) is 143 cm³/mol. The summed E-state index contributed by atoms with van der Waals surface area (Å²) in [4.78, 5) is 28.0. The van der Waals surface area contributed by atoms with E-state index in [-0.39, 0.29) is 24.5 Å². The number of hydrogen-bond acceptors (Lipinski definition) is 3. The van der Waals surface area contributed by atoms with Crippen molar-refractivity contribution in [1.82, 2.24) is 10.2 Å². The summed E-state index contributed by atoms with van der Waals surface area (Å²) in [7, 11) is 0. The van der Waals surface area contributed by atoms with Crippen LogP contribution in [0.1, 0.15) is 69.9 Å². The summed E-state index contributed by atoms with van der Waals surface area (Å²) in [5.74, 6) is 0.666. The molecule has 0 spiro atoms. The lowest BCUT2D eigenvalue weighted by atomic mass is 9.95. The maximum Gasteiger partial charge on any atom is 0.261 e. The molecule has 2 aromatic carbocycles. The standard InChI is InChI=1S/C27H34Br2N2O3/c1-18(2)21-12-13-25(24(29)15-21)34-17-26(32)31(16-20-8-7-9-22(28)14-20)19(3)27(33)30-23-10-5-4-6-11-23/h7-9,12-15,18-19,23H,4-6,10-11,16-17H2,1-3H3,(H,30,33). The van der Waals surface area contributed by atoms with E-state index in [1.165, 1.54) is 12.0 Å². The highest BCUT2D eigenvalue weighted by Gasteiger charge is 2.28. The molecule has 1 fully saturated rings. The summed E-state index contributed by atoms with van der Waals surface area (Å²) in [6.07, 6.45) is 5.50. The van der Waals surface area contributed by atoms with Crippen LogP contribution >= 0.6 is 31.9 Å². The van der Waals surface area contributed by atoms with Crippen LogP contribution in [0.2, 0.25) is 0 Å². The van der Waals surface area contributed by atoms with Crippen LogP contribution in [0.4, 0.5) is 0 Å². The van der Waals surface area contributed by atoms with Crippen LogP contribution in [0.15, 0.2) is 51.4 Å². The number of halogens is 2. The molecule has 1 unspecified atom stereocenters. The highest BCUT2D eigenvalue weighted by atomic mass is 79.9. The normalized spacial score (nSPS) is 15.1. The van der Waals surface area contributed by atoms with E-state index in [0.29, 0.717) is 18.2 Å². The van der Waals surface area contributed by atoms with Crippen LogP contribution in [0.25, 0.3) is 0 Å². The molecule has 1 saturated carbocycles. The number of rotatable bonds is 9. The topological polar surface area (TPSA) is 58.6 Å². The van der Waals surface area contributed by atoms with Gasteiger partial charge in [0.15, 0.2) is 6.61 Å². The van der Waals surface area contributed by atoms with Gasteiger partial charge >= 0.3 is 0 Å². The fraction of sp³-hybridized carbons (Fsp3) is 0.481. The third-order valence-electron chi connectivity index (χ3n) is 6.33. The highest BCUT2D eigenvalue weighted by Crippen LogP contribution is 2.29. The van der Waals surface area contributed by atoms with Crippen molar-refractivity contribution in [2.24, 2.45) is 0 Å². The summed E-state index contributed by atoms with van der Waals surface area (Å²) >= 11 is 7.05. The number of amides is 2. The van der Waals surface area contributed by atoms with Gasteiger partial charge in [0.05, 0.1) is 4.47 Å². The number of nitrogens with zero attached hydrogens (tertiary/aromatic N) is 1. The Labute approximate surface area is 219 Å². The Kier molecular flexibility index (Phi) is 10.0. The molecule has 1 atom stereocenters. The van der Waals surface area contributed by atoms with E-state index in [1.807, 2.05) is 42.5 Å². The lowest BCUT2D eigenvalue weighted by Gasteiger charge is -2.31. The van der Waals surface area contributed by atoms with E-state index in [9.17, 15) is 9.59 Å². The zero-order valence-corrected chi connectivity index (χ0v) is 23.3. The minimum atomic E-state index is -0.608. The zero-order chi connectivity index (χ0) is 24.7. The average molecular weight is 594 g/mol. The SMILES string of the molecule is CC(C)c1ccc(OCC(=O)N(Cc2cccc(Br)c2)C(C)C(=O)NC2CCCCC2)c(Br)c1. The second-order valence-corrected chi connectivity index (χ2v) is 11.1. The number of carbonyl (C=O) groups is 2. The van der Waals surface area contributed by atoms with Gasteiger partial charge < -0.3 is 15.0 Å². The molecule has 1 aliphatic carbocycles. The van der Waals surface area contributed by atoms with Crippen molar-refractivity contribution in [3.8, 4) is 5.75 Å². The summed E-state index contributed by atoms with van der Waals surface area (Å²) in [6, 6.07) is 13.3. The third-order valence-corrected chi connectivity index (χ3v) is 7.45. The molecule has 7 heteroatoms. The van der Waals surface area contributed by atoms with Crippen molar-refractivity contribution in [3.05, 3.63) is 62.5 Å². The fourth-order valence-electron chi connectivity index (χ4n) is 4.20. The summed E-state index contributed by atoms with van der Waals surface area (Å²) in [6.45, 7) is 6.24. The van der Waals surface area contributed by atoms with Crippen molar-refractivity contribution in [1.29, 1.82) is 0 Å². The monoisotopic (exact) mass is 592 g/mol. The second-order valence-electron chi connectivity index (χ2n) is 9.30. The van der Waals surface area contributed by atoms with Crippen LogP contribution in [-0.4, -0.2) is 35.4 Å². The van der Waals surface area contributed by atoms with E-state index in [1.54, 1.807) is 11.8 Å². The molecule has 3 rings (SSSR count). The molecule has 0 aliphatic heterocycles. The van der Waals surface area contributed by atoms with Crippen LogP contribution in [0.3, 0.4) is 0 Å². The first-order valence-corrected chi connectivity index (χ1v) is 13.6. The second kappa shape index (κ2) is 12.7. The Hall–Kier alpha value is -1.86. The Bertz CT molecular complexity index is 990. The summed E-state index contributed by atoms with van der Waals surface area (Å²) in [5, 5.41) is 3.16. The molecule has 0 bridgehead atoms. The smallest absolute Gasteiger partial charge is 0.261 e. The van der Waals surface area contributed by atoms with E-state index in [4.69, 9.17) is 4.74 Å². The van der Waals surface area contributed by atoms with Crippen molar-refractivity contribution in [2.75, 3.05) is 6.61 Å². The van der Waals surface area contributed by atoms with Gasteiger partial charge in [-0.05, 0) is 77.0 Å². The maximum atomic E-state index is 13.3. The largest absolute Gasteiger partial charge is 0.483 e. The molecule has 0 saturated heterocycles. The Balaban J connectivity index is 1.72. The van der Waals surface area contributed by atoms with E-state index in [0.717, 1.165) is 40.2 Å². The highest BCUT2D eigenvalue weighted by molar-refractivity contribution is 9.10. The van der Waals surface area contributed by atoms with Crippen molar-refractivity contribution in [2.45, 2.75) is 77.4 Å². The molecule has 0 heterocycles. The predicted octanol–water partition coefficient (Wildman–Crippen LogP) is 6.58. The molecule has 5 nitrogen and oxygen atoms in total. The lowest BCUT2D eigenvalue weighted by molar-refractivity contribution is -0.142. The first-order valence-electron chi connectivity index (χ1n) is 12.0. The minimum Gasteiger partial charge on any atom is -0.483 e. The number of benzene rings is 2. The van der Waals surface area contributed by atoms with Crippen molar-refractivity contribution in [3.63, 3.8) is 0 Å². The molecule has 0 aromatic heterocycles. The molecule has 184 valence electrons. The van der Waals surface area contributed by atoms with Gasteiger partial charge in [-0.1, -0.05) is 67.2 Å². The Morgan fingerprint density at radius 2 is 1.79 bits per heavy atom. The number of carbonyl (C=O) groups excluding carboxylic acids is 2. The van der Waals surface area contributed by atoms with Crippen molar-refractivity contribution < 1.29 is 14.3 Å². The number of ether oxygens (including phenoxy) is 1. The third kappa shape index (κ3) is 7.57. The van der Waals surface area contributed by atoms with Crippen LogP contribution in [-0.2, 0) is 16.1 Å². The Morgan fingerprint density at radius 1 is 1.06 bits per heavy atom. The van der Waals surface area contributed by atoms with E-state index < -0.39 is 6.04 Å². The van der Waals surface area contributed by atoms with Gasteiger partial charge in [0.2, 0.25) is 5.91 Å². The molecule has 2 aromatic rings. The molecule has 2 amide bonds. The van der Waals surface area contributed by atoms with E-state index in [2.05, 4.69) is 51.0 Å². The fourth-order valence-corrected chi connectivity index (χ4v) is 5.16. The molecule has 1 aliphatic rings. The van der Waals surface area contributed by atoms with Gasteiger partial charge in [-0.15, -0.1) is 0 Å². The first kappa shape index (κ1) is 26.7.